The Morgan fingerprint density at radius 1 is 1.23 bits per heavy atom. The molecule has 26 heavy (non-hydrogen) atoms. The molecule has 2 aromatic carbocycles. The molecule has 1 aromatic heterocycles. The molecule has 0 fully saturated rings. The quantitative estimate of drug-likeness (QED) is 0.673. The molecule has 0 unspecified atom stereocenters. The molecule has 0 saturated carbocycles. The van der Waals surface area contributed by atoms with Crippen molar-refractivity contribution in [1.82, 2.24) is 4.98 Å². The van der Waals surface area contributed by atoms with Gasteiger partial charge in [-0.1, -0.05) is 30.4 Å². The lowest BCUT2D eigenvalue weighted by Crippen LogP contribution is -2.31. The number of likely N-dealkylation sites (N-methyl/N-ethyl adjacent to an activating group) is 1. The van der Waals surface area contributed by atoms with Gasteiger partial charge in [0.05, 0.1) is 7.11 Å². The molecule has 0 aliphatic rings. The van der Waals surface area contributed by atoms with Gasteiger partial charge in [-0.25, -0.2) is 0 Å². The van der Waals surface area contributed by atoms with Gasteiger partial charge in [0.15, 0.2) is 23.7 Å². The van der Waals surface area contributed by atoms with Crippen LogP contribution >= 0.6 is 0 Å². The van der Waals surface area contributed by atoms with Crippen LogP contribution in [0.4, 0.5) is 6.01 Å². The molecule has 0 saturated heterocycles. The lowest BCUT2D eigenvalue weighted by atomic mass is 10.2. The van der Waals surface area contributed by atoms with Crippen molar-refractivity contribution in [3.05, 3.63) is 54.1 Å². The van der Waals surface area contributed by atoms with Gasteiger partial charge in [0.2, 0.25) is 0 Å². The smallest absolute Gasteiger partial charge is 0.305 e. The maximum absolute atomic E-state index is 12.4. The van der Waals surface area contributed by atoms with E-state index in [2.05, 4.69) is 4.98 Å². The first kappa shape index (κ1) is 17.5. The van der Waals surface area contributed by atoms with Crippen molar-refractivity contribution in [1.29, 1.82) is 0 Å². The number of hydrogen-bond donors (Lipinski definition) is 0. The van der Waals surface area contributed by atoms with Crippen LogP contribution in [0.15, 0.2) is 53.0 Å². The van der Waals surface area contributed by atoms with Crippen LogP contribution in [0.5, 0.6) is 11.5 Å². The largest absolute Gasteiger partial charge is 0.493 e. The highest BCUT2D eigenvalue weighted by Gasteiger charge is 2.18. The number of amides is 1. The fraction of sp³-hybridized carbons (Fsp3) is 0.200. The Balaban J connectivity index is 1.70. The molecule has 0 spiro atoms. The standard InChI is InChI=1S/C20H20N2O4/c1-4-7-14-10-11-17(18(12-14)24-3)25-13-19(23)22(2)20-21-15-8-5-6-9-16(15)26-20/h4-12H,13H2,1-3H3/b7-4+. The van der Waals surface area contributed by atoms with E-state index in [-0.39, 0.29) is 18.5 Å². The fourth-order valence-electron chi connectivity index (χ4n) is 2.45. The molecule has 0 atom stereocenters. The van der Waals surface area contributed by atoms with Crippen LogP contribution < -0.4 is 14.4 Å². The summed E-state index contributed by atoms with van der Waals surface area (Å²) in [5, 5.41) is 0. The Bertz CT molecular complexity index is 913. The maximum Gasteiger partial charge on any atom is 0.305 e. The van der Waals surface area contributed by atoms with Crippen molar-refractivity contribution in [2.75, 3.05) is 25.7 Å². The molecule has 0 N–H and O–H groups in total. The summed E-state index contributed by atoms with van der Waals surface area (Å²) in [5.74, 6) is 0.786. The summed E-state index contributed by atoms with van der Waals surface area (Å²) >= 11 is 0. The van der Waals surface area contributed by atoms with Crippen LogP contribution in [-0.4, -0.2) is 31.7 Å². The summed E-state index contributed by atoms with van der Waals surface area (Å²) in [6.07, 6.45) is 3.90. The van der Waals surface area contributed by atoms with Gasteiger partial charge in [0.25, 0.3) is 5.91 Å². The molecule has 0 radical (unpaired) electrons. The van der Waals surface area contributed by atoms with Gasteiger partial charge in [-0.05, 0) is 36.8 Å². The topological polar surface area (TPSA) is 64.8 Å². The zero-order valence-corrected chi connectivity index (χ0v) is 14.9. The Morgan fingerprint density at radius 3 is 2.77 bits per heavy atom. The number of ether oxygens (including phenoxy) is 2. The number of fused-ring (bicyclic) bond motifs is 1. The van der Waals surface area contributed by atoms with Crippen molar-refractivity contribution < 1.29 is 18.7 Å². The first-order valence-electron chi connectivity index (χ1n) is 8.18. The third kappa shape index (κ3) is 3.69. The number of anilines is 1. The number of allylic oxidation sites excluding steroid dienone is 1. The van der Waals surface area contributed by atoms with Crippen molar-refractivity contribution >= 4 is 29.1 Å². The van der Waals surface area contributed by atoms with E-state index >= 15 is 0 Å². The predicted molar refractivity (Wildman–Crippen MR) is 101 cm³/mol. The van der Waals surface area contributed by atoms with Gasteiger partial charge in [-0.15, -0.1) is 0 Å². The van der Waals surface area contributed by atoms with Crippen LogP contribution in [0, 0.1) is 0 Å². The Labute approximate surface area is 151 Å². The Hall–Kier alpha value is -3.28. The van der Waals surface area contributed by atoms with Crippen LogP contribution in [0.2, 0.25) is 0 Å². The molecular weight excluding hydrogens is 332 g/mol. The summed E-state index contributed by atoms with van der Waals surface area (Å²) < 4.78 is 16.6. The Kier molecular flexibility index (Phi) is 5.22. The molecule has 3 aromatic rings. The zero-order chi connectivity index (χ0) is 18.5. The normalized spacial score (nSPS) is 11.0. The van der Waals surface area contributed by atoms with E-state index < -0.39 is 0 Å². The second-order valence-corrected chi connectivity index (χ2v) is 5.62. The summed E-state index contributed by atoms with van der Waals surface area (Å²) in [5.41, 5.74) is 2.32. The molecule has 6 nitrogen and oxygen atoms in total. The highest BCUT2D eigenvalue weighted by atomic mass is 16.5. The summed E-state index contributed by atoms with van der Waals surface area (Å²) in [7, 11) is 3.16. The monoisotopic (exact) mass is 352 g/mol. The first-order valence-corrected chi connectivity index (χ1v) is 8.18. The van der Waals surface area contributed by atoms with Gasteiger partial charge < -0.3 is 13.9 Å². The minimum absolute atomic E-state index is 0.158. The molecule has 3 rings (SSSR count). The zero-order valence-electron chi connectivity index (χ0n) is 14.9. The molecule has 0 bridgehead atoms. The number of methoxy groups -OCH3 is 1. The first-order chi connectivity index (χ1) is 12.6. The number of oxazole rings is 1. The SMILES string of the molecule is C/C=C/c1ccc(OCC(=O)N(C)c2nc3ccccc3o2)c(OC)c1. The van der Waals surface area contributed by atoms with Gasteiger partial charge >= 0.3 is 6.01 Å². The van der Waals surface area contributed by atoms with Crippen molar-refractivity contribution in [3.8, 4) is 11.5 Å². The number of carbonyl (C=O) groups excluding carboxylic acids is 1. The van der Waals surface area contributed by atoms with E-state index in [9.17, 15) is 4.79 Å². The van der Waals surface area contributed by atoms with Gasteiger partial charge in [0, 0.05) is 7.05 Å². The average molecular weight is 352 g/mol. The summed E-state index contributed by atoms with van der Waals surface area (Å²) in [4.78, 5) is 18.1. The van der Waals surface area contributed by atoms with Crippen LogP contribution in [0.1, 0.15) is 12.5 Å². The van der Waals surface area contributed by atoms with Crippen LogP contribution in [0.25, 0.3) is 17.2 Å². The van der Waals surface area contributed by atoms with Crippen molar-refractivity contribution in [2.45, 2.75) is 6.92 Å². The number of carbonyl (C=O) groups is 1. The van der Waals surface area contributed by atoms with Crippen molar-refractivity contribution in [2.24, 2.45) is 0 Å². The van der Waals surface area contributed by atoms with E-state index in [1.165, 1.54) is 4.90 Å². The number of benzene rings is 2. The van der Waals surface area contributed by atoms with E-state index in [1.54, 1.807) is 26.3 Å². The highest BCUT2D eigenvalue weighted by molar-refractivity contribution is 5.93. The number of rotatable bonds is 6. The molecule has 134 valence electrons. The van der Waals surface area contributed by atoms with Gasteiger partial charge in [0.1, 0.15) is 5.52 Å². The molecule has 0 aliphatic heterocycles. The van der Waals surface area contributed by atoms with E-state index in [1.807, 2.05) is 49.4 Å². The summed E-state index contributed by atoms with van der Waals surface area (Å²) in [6.45, 7) is 1.78. The van der Waals surface area contributed by atoms with E-state index in [4.69, 9.17) is 13.9 Å². The van der Waals surface area contributed by atoms with E-state index in [0.29, 0.717) is 22.6 Å². The van der Waals surface area contributed by atoms with Gasteiger partial charge in [-0.2, -0.15) is 4.98 Å². The average Bonchev–Trinajstić information content (AvgIpc) is 3.10. The molecular formula is C20H20N2O4. The van der Waals surface area contributed by atoms with Crippen molar-refractivity contribution in [3.63, 3.8) is 0 Å². The Morgan fingerprint density at radius 2 is 2.04 bits per heavy atom. The highest BCUT2D eigenvalue weighted by Crippen LogP contribution is 2.29. The predicted octanol–water partition coefficient (Wildman–Crippen LogP) is 3.91. The molecule has 0 aliphatic carbocycles. The maximum atomic E-state index is 12.4. The number of hydrogen-bond acceptors (Lipinski definition) is 5. The second kappa shape index (κ2) is 7.74. The minimum Gasteiger partial charge on any atom is -0.493 e. The van der Waals surface area contributed by atoms with Gasteiger partial charge in [-0.3, -0.25) is 9.69 Å². The second-order valence-electron chi connectivity index (χ2n) is 5.62. The minimum atomic E-state index is -0.281. The van der Waals surface area contributed by atoms with Crippen LogP contribution in [-0.2, 0) is 4.79 Å². The lowest BCUT2D eigenvalue weighted by Gasteiger charge is -2.15. The summed E-state index contributed by atoms with van der Waals surface area (Å²) in [6, 6.07) is 13.1. The third-order valence-corrected chi connectivity index (χ3v) is 3.84. The van der Waals surface area contributed by atoms with Crippen LogP contribution in [0.3, 0.4) is 0 Å². The fourth-order valence-corrected chi connectivity index (χ4v) is 2.45. The number of aromatic nitrogens is 1. The molecule has 1 heterocycles. The third-order valence-electron chi connectivity index (χ3n) is 3.84. The number of nitrogens with zero attached hydrogens (tertiary/aromatic N) is 2. The molecule has 1 amide bonds. The van der Waals surface area contributed by atoms with E-state index in [0.717, 1.165) is 5.56 Å². The lowest BCUT2D eigenvalue weighted by molar-refractivity contribution is -0.120. The molecule has 6 heteroatoms. The number of para-hydroxylation sites is 2.